The van der Waals surface area contributed by atoms with Crippen LogP contribution in [0.15, 0.2) is 29.2 Å². The number of alkyl halides is 3. The molecule has 0 aliphatic carbocycles. The molecule has 1 aromatic carbocycles. The fourth-order valence-corrected chi connectivity index (χ4v) is 3.15. The van der Waals surface area contributed by atoms with Gasteiger partial charge < -0.3 is 5.11 Å². The van der Waals surface area contributed by atoms with E-state index in [1.165, 1.54) is 28.6 Å². The van der Waals surface area contributed by atoms with Gasteiger partial charge in [-0.3, -0.25) is 0 Å². The minimum atomic E-state index is -4.87. The Morgan fingerprint density at radius 1 is 1.13 bits per heavy atom. The fraction of sp³-hybridized carbons (Fsp3) is 0.467. The molecule has 4 nitrogen and oxygen atoms in total. The van der Waals surface area contributed by atoms with Crippen LogP contribution in [-0.4, -0.2) is 42.7 Å². The van der Waals surface area contributed by atoms with E-state index in [0.29, 0.717) is 20.0 Å². The molecule has 8 heteroatoms. The standard InChI is InChI=1S/C15H18F3NO3S/c1-4-19(5-2)23(21,22)13-8-6-12(7-9-13)10-11-14(3,20)15(16,17)18/h6-9,20H,4-5H2,1-3H3. The average Bonchev–Trinajstić information content (AvgIpc) is 2.45. The SMILES string of the molecule is CCN(CC)S(=O)(=O)c1ccc(C#CC(C)(O)C(F)(F)F)cc1. The predicted octanol–water partition coefficient (Wildman–Crippen LogP) is 2.38. The minimum Gasteiger partial charge on any atom is -0.370 e. The van der Waals surface area contributed by atoms with E-state index in [4.69, 9.17) is 0 Å². The van der Waals surface area contributed by atoms with Gasteiger partial charge in [0.1, 0.15) is 0 Å². The highest BCUT2D eigenvalue weighted by Crippen LogP contribution is 2.29. The topological polar surface area (TPSA) is 57.6 Å². The Hall–Kier alpha value is -1.56. The summed E-state index contributed by atoms with van der Waals surface area (Å²) in [6.45, 7) is 4.60. The molecule has 0 bridgehead atoms. The van der Waals surface area contributed by atoms with Gasteiger partial charge in [0.05, 0.1) is 4.90 Å². The third-order valence-corrected chi connectivity index (χ3v) is 5.26. The molecule has 1 aromatic rings. The lowest BCUT2D eigenvalue weighted by Gasteiger charge is -2.19. The van der Waals surface area contributed by atoms with Crippen molar-refractivity contribution < 1.29 is 26.7 Å². The molecule has 0 amide bonds. The normalized spacial score (nSPS) is 15.0. The zero-order chi connectivity index (χ0) is 17.9. The van der Waals surface area contributed by atoms with Crippen LogP contribution in [0.2, 0.25) is 0 Å². The van der Waals surface area contributed by atoms with Crippen molar-refractivity contribution in [1.82, 2.24) is 4.31 Å². The lowest BCUT2D eigenvalue weighted by Crippen LogP contribution is -2.40. The quantitative estimate of drug-likeness (QED) is 0.849. The number of hydrogen-bond donors (Lipinski definition) is 1. The largest absolute Gasteiger partial charge is 0.428 e. The van der Waals surface area contributed by atoms with E-state index in [2.05, 4.69) is 5.92 Å². The van der Waals surface area contributed by atoms with E-state index in [1.807, 2.05) is 0 Å². The summed E-state index contributed by atoms with van der Waals surface area (Å²) in [5, 5.41) is 9.23. The van der Waals surface area contributed by atoms with Crippen molar-refractivity contribution >= 4 is 10.0 Å². The van der Waals surface area contributed by atoms with Gasteiger partial charge in [0.25, 0.3) is 0 Å². The van der Waals surface area contributed by atoms with E-state index < -0.39 is 21.8 Å². The number of nitrogens with zero attached hydrogens (tertiary/aromatic N) is 1. The predicted molar refractivity (Wildman–Crippen MR) is 80.1 cm³/mol. The lowest BCUT2D eigenvalue weighted by molar-refractivity contribution is -0.228. The molecule has 128 valence electrons. The molecule has 0 aromatic heterocycles. The molecule has 0 aliphatic heterocycles. The third kappa shape index (κ3) is 4.47. The summed E-state index contributed by atoms with van der Waals surface area (Å²) >= 11 is 0. The van der Waals surface area contributed by atoms with Crippen LogP contribution < -0.4 is 0 Å². The van der Waals surface area contributed by atoms with Crippen LogP contribution in [0.1, 0.15) is 26.3 Å². The van der Waals surface area contributed by atoms with E-state index in [1.54, 1.807) is 19.8 Å². The summed E-state index contributed by atoms with van der Waals surface area (Å²) in [4.78, 5) is 0.0364. The van der Waals surface area contributed by atoms with Crippen LogP contribution in [0, 0.1) is 11.8 Å². The summed E-state index contributed by atoms with van der Waals surface area (Å²) in [5.74, 6) is 3.94. The van der Waals surface area contributed by atoms with Crippen LogP contribution in [0.3, 0.4) is 0 Å². The first-order valence-electron chi connectivity index (χ1n) is 6.88. The molecule has 23 heavy (non-hydrogen) atoms. The number of sulfonamides is 1. The van der Waals surface area contributed by atoms with Crippen molar-refractivity contribution in [1.29, 1.82) is 0 Å². The summed E-state index contributed by atoms with van der Waals surface area (Å²) in [5.41, 5.74) is -2.95. The van der Waals surface area contributed by atoms with Gasteiger partial charge in [0.2, 0.25) is 15.6 Å². The van der Waals surface area contributed by atoms with E-state index >= 15 is 0 Å². The van der Waals surface area contributed by atoms with Gasteiger partial charge in [-0.1, -0.05) is 25.7 Å². The van der Waals surface area contributed by atoms with Crippen molar-refractivity contribution in [2.75, 3.05) is 13.1 Å². The highest BCUT2D eigenvalue weighted by Gasteiger charge is 2.48. The summed E-state index contributed by atoms with van der Waals surface area (Å²) < 4.78 is 63.2. The third-order valence-electron chi connectivity index (χ3n) is 3.20. The van der Waals surface area contributed by atoms with Crippen LogP contribution in [0.25, 0.3) is 0 Å². The van der Waals surface area contributed by atoms with Gasteiger partial charge in [-0.15, -0.1) is 0 Å². The number of benzene rings is 1. The molecule has 0 fully saturated rings. The molecule has 0 saturated heterocycles. The molecule has 1 atom stereocenters. The van der Waals surface area contributed by atoms with E-state index in [0.717, 1.165) is 0 Å². The Morgan fingerprint density at radius 3 is 2.00 bits per heavy atom. The molecular formula is C15H18F3NO3S. The van der Waals surface area contributed by atoms with Gasteiger partial charge in [-0.05, 0) is 31.2 Å². The Labute approximate surface area is 134 Å². The Bertz CT molecular complexity index is 694. The van der Waals surface area contributed by atoms with E-state index in [-0.39, 0.29) is 10.5 Å². The second kappa shape index (κ2) is 6.91. The second-order valence-electron chi connectivity index (χ2n) is 4.93. The molecule has 1 rings (SSSR count). The summed E-state index contributed by atoms with van der Waals surface area (Å²) in [6, 6.07) is 5.16. The number of aliphatic hydroxyl groups is 1. The van der Waals surface area contributed by atoms with Gasteiger partial charge in [0.15, 0.2) is 0 Å². The molecule has 0 heterocycles. The van der Waals surface area contributed by atoms with Crippen molar-refractivity contribution in [2.45, 2.75) is 37.4 Å². The molecule has 0 radical (unpaired) electrons. The molecule has 0 aliphatic rings. The summed E-state index contributed by atoms with van der Waals surface area (Å²) in [6.07, 6.45) is -4.87. The zero-order valence-electron chi connectivity index (χ0n) is 13.0. The lowest BCUT2D eigenvalue weighted by atomic mass is 10.1. The van der Waals surface area contributed by atoms with E-state index in [9.17, 15) is 26.7 Å². The minimum absolute atomic E-state index is 0.0364. The maximum Gasteiger partial charge on any atom is 0.428 e. The average molecular weight is 349 g/mol. The zero-order valence-corrected chi connectivity index (χ0v) is 13.8. The van der Waals surface area contributed by atoms with Crippen molar-refractivity contribution in [3.8, 4) is 11.8 Å². The second-order valence-corrected chi connectivity index (χ2v) is 6.87. The highest BCUT2D eigenvalue weighted by atomic mass is 32.2. The molecule has 1 unspecified atom stereocenters. The first-order chi connectivity index (χ1) is 10.5. The van der Waals surface area contributed by atoms with Crippen LogP contribution in [0.5, 0.6) is 0 Å². The van der Waals surface area contributed by atoms with Crippen LogP contribution >= 0.6 is 0 Å². The van der Waals surface area contributed by atoms with Crippen LogP contribution in [-0.2, 0) is 10.0 Å². The Balaban J connectivity index is 3.08. The monoisotopic (exact) mass is 349 g/mol. The van der Waals surface area contributed by atoms with Crippen molar-refractivity contribution in [3.05, 3.63) is 29.8 Å². The molecule has 0 spiro atoms. The van der Waals surface area contributed by atoms with Gasteiger partial charge in [-0.2, -0.15) is 17.5 Å². The van der Waals surface area contributed by atoms with Crippen molar-refractivity contribution in [3.63, 3.8) is 0 Å². The molecule has 1 N–H and O–H groups in total. The Kier molecular flexibility index (Phi) is 5.85. The van der Waals surface area contributed by atoms with Gasteiger partial charge in [0, 0.05) is 18.7 Å². The molecular weight excluding hydrogens is 331 g/mol. The summed E-state index contributed by atoms with van der Waals surface area (Å²) in [7, 11) is -3.63. The number of rotatable bonds is 4. The maximum atomic E-state index is 12.5. The fourth-order valence-electron chi connectivity index (χ4n) is 1.69. The first-order valence-corrected chi connectivity index (χ1v) is 8.32. The maximum absolute atomic E-state index is 12.5. The van der Waals surface area contributed by atoms with Gasteiger partial charge >= 0.3 is 6.18 Å². The number of hydrogen-bond acceptors (Lipinski definition) is 3. The first kappa shape index (κ1) is 19.5. The van der Waals surface area contributed by atoms with Gasteiger partial charge in [-0.25, -0.2) is 8.42 Å². The van der Waals surface area contributed by atoms with Crippen LogP contribution in [0.4, 0.5) is 13.2 Å². The van der Waals surface area contributed by atoms with Crippen molar-refractivity contribution in [2.24, 2.45) is 0 Å². The number of halogens is 3. The highest BCUT2D eigenvalue weighted by molar-refractivity contribution is 7.89. The Morgan fingerprint density at radius 2 is 1.61 bits per heavy atom. The molecule has 0 saturated carbocycles. The smallest absolute Gasteiger partial charge is 0.370 e.